The molecule has 2 aliphatic heterocycles. The van der Waals surface area contributed by atoms with Gasteiger partial charge in [0.2, 0.25) is 0 Å². The number of carbonyl (C=O) groups is 1. The number of hydrogen-bond donors (Lipinski definition) is 0. The van der Waals surface area contributed by atoms with Gasteiger partial charge in [-0.1, -0.05) is 6.92 Å². The van der Waals surface area contributed by atoms with Gasteiger partial charge in [0.05, 0.1) is 46.0 Å². The molecule has 0 bridgehead atoms. The third-order valence-corrected chi connectivity index (χ3v) is 6.33. The van der Waals surface area contributed by atoms with Crippen molar-refractivity contribution in [1.29, 1.82) is 0 Å². The Morgan fingerprint density at radius 3 is 2.77 bits per heavy atom. The standard InChI is InChI=1S/C23H18N4O3/c1-3-12-14-9-27-18(8-13-11(2)23(29)30-10-15(13)22(27)28)20(14)26-16-4-5-17-21(19(12)16)25-7-6-24-17/h4-8,11H,3,9-10H2,1-2H3. The lowest BCUT2D eigenvalue weighted by Crippen LogP contribution is -2.31. The number of ether oxygens (including phenoxy) is 1. The summed E-state index contributed by atoms with van der Waals surface area (Å²) in [6.45, 7) is 4.38. The highest BCUT2D eigenvalue weighted by Gasteiger charge is 2.33. The summed E-state index contributed by atoms with van der Waals surface area (Å²) < 4.78 is 6.97. The third kappa shape index (κ3) is 2.12. The van der Waals surface area contributed by atoms with E-state index < -0.39 is 5.92 Å². The van der Waals surface area contributed by atoms with Crippen LogP contribution in [-0.2, 0) is 29.1 Å². The van der Waals surface area contributed by atoms with E-state index in [0.29, 0.717) is 12.1 Å². The highest BCUT2D eigenvalue weighted by Crippen LogP contribution is 2.39. The summed E-state index contributed by atoms with van der Waals surface area (Å²) >= 11 is 0. The van der Waals surface area contributed by atoms with Crippen LogP contribution in [0.25, 0.3) is 33.3 Å². The van der Waals surface area contributed by atoms with Gasteiger partial charge in [-0.25, -0.2) is 4.98 Å². The average molecular weight is 398 g/mol. The number of hydrogen-bond acceptors (Lipinski definition) is 6. The van der Waals surface area contributed by atoms with Crippen LogP contribution < -0.4 is 5.56 Å². The molecule has 7 nitrogen and oxygen atoms in total. The maximum absolute atomic E-state index is 13.3. The van der Waals surface area contributed by atoms with E-state index in [2.05, 4.69) is 16.9 Å². The predicted octanol–water partition coefficient (Wildman–Crippen LogP) is 3.09. The van der Waals surface area contributed by atoms with E-state index in [9.17, 15) is 9.59 Å². The molecule has 1 aromatic carbocycles. The van der Waals surface area contributed by atoms with E-state index in [4.69, 9.17) is 9.72 Å². The Morgan fingerprint density at radius 2 is 1.93 bits per heavy atom. The summed E-state index contributed by atoms with van der Waals surface area (Å²) in [5, 5.41) is 0.999. The number of benzene rings is 1. The predicted molar refractivity (Wildman–Crippen MR) is 111 cm³/mol. The molecule has 0 spiro atoms. The van der Waals surface area contributed by atoms with Crippen molar-refractivity contribution >= 4 is 27.9 Å². The highest BCUT2D eigenvalue weighted by molar-refractivity contribution is 6.05. The smallest absolute Gasteiger partial charge is 0.313 e. The number of esters is 1. The first-order chi connectivity index (χ1) is 14.6. The zero-order chi connectivity index (χ0) is 20.6. The zero-order valence-electron chi connectivity index (χ0n) is 16.6. The highest BCUT2D eigenvalue weighted by atomic mass is 16.5. The quantitative estimate of drug-likeness (QED) is 0.319. The molecule has 1 atom stereocenters. The molecule has 6 rings (SSSR count). The van der Waals surface area contributed by atoms with Gasteiger partial charge in [-0.05, 0) is 42.7 Å². The number of cyclic esters (lactones) is 1. The Balaban J connectivity index is 1.69. The number of pyridine rings is 2. The van der Waals surface area contributed by atoms with Crippen LogP contribution in [0.3, 0.4) is 0 Å². The summed E-state index contributed by atoms with van der Waals surface area (Å²) in [6, 6.07) is 5.84. The number of fused-ring (bicyclic) bond motifs is 7. The monoisotopic (exact) mass is 398 g/mol. The van der Waals surface area contributed by atoms with Crippen LogP contribution in [0.1, 0.15) is 42.0 Å². The lowest BCUT2D eigenvalue weighted by atomic mass is 9.93. The van der Waals surface area contributed by atoms with Crippen LogP contribution in [-0.4, -0.2) is 25.5 Å². The summed E-state index contributed by atoms with van der Waals surface area (Å²) in [4.78, 5) is 39.3. The number of nitrogens with zero attached hydrogens (tertiary/aromatic N) is 4. The van der Waals surface area contributed by atoms with Gasteiger partial charge in [-0.15, -0.1) is 0 Å². The topological polar surface area (TPSA) is 87.0 Å². The molecule has 3 aromatic heterocycles. The van der Waals surface area contributed by atoms with Crippen LogP contribution >= 0.6 is 0 Å². The molecular weight excluding hydrogens is 380 g/mol. The van der Waals surface area contributed by atoms with E-state index >= 15 is 0 Å². The normalized spacial score (nSPS) is 17.0. The molecule has 5 heterocycles. The fourth-order valence-corrected chi connectivity index (χ4v) is 4.82. The number of aromatic nitrogens is 4. The third-order valence-electron chi connectivity index (χ3n) is 6.33. The minimum absolute atomic E-state index is 0.0320. The number of rotatable bonds is 1. The maximum atomic E-state index is 13.3. The number of carbonyl (C=O) groups excluding carboxylic acids is 1. The van der Waals surface area contributed by atoms with Gasteiger partial charge in [-0.2, -0.15) is 0 Å². The molecule has 30 heavy (non-hydrogen) atoms. The van der Waals surface area contributed by atoms with Crippen molar-refractivity contribution in [2.24, 2.45) is 0 Å². The van der Waals surface area contributed by atoms with Gasteiger partial charge in [0.25, 0.3) is 5.56 Å². The minimum Gasteiger partial charge on any atom is -0.460 e. The van der Waals surface area contributed by atoms with Gasteiger partial charge in [0.1, 0.15) is 6.61 Å². The Morgan fingerprint density at radius 1 is 1.13 bits per heavy atom. The Hall–Kier alpha value is -3.61. The lowest BCUT2D eigenvalue weighted by molar-refractivity contribution is -0.147. The van der Waals surface area contributed by atoms with Crippen molar-refractivity contribution in [1.82, 2.24) is 19.5 Å². The number of aryl methyl sites for hydroxylation is 1. The second kappa shape index (κ2) is 5.95. The van der Waals surface area contributed by atoms with Crippen molar-refractivity contribution in [2.75, 3.05) is 0 Å². The van der Waals surface area contributed by atoms with E-state index in [0.717, 1.165) is 56.4 Å². The Bertz CT molecular complexity index is 1470. The Kier molecular flexibility index (Phi) is 3.42. The van der Waals surface area contributed by atoms with E-state index in [1.165, 1.54) is 0 Å². The SMILES string of the molecule is CCc1c2c(nc3ccc4nccnc4c13)-c1cc3c(c(=O)n1C2)COC(=O)C3C. The van der Waals surface area contributed by atoms with Crippen LogP contribution in [0.2, 0.25) is 0 Å². The molecule has 4 aromatic rings. The van der Waals surface area contributed by atoms with Gasteiger partial charge < -0.3 is 9.30 Å². The van der Waals surface area contributed by atoms with Gasteiger partial charge in [-0.3, -0.25) is 19.6 Å². The molecule has 148 valence electrons. The summed E-state index contributed by atoms with van der Waals surface area (Å²) in [5.74, 6) is -0.752. The van der Waals surface area contributed by atoms with E-state index in [-0.39, 0.29) is 18.1 Å². The van der Waals surface area contributed by atoms with Crippen LogP contribution in [0, 0.1) is 0 Å². The van der Waals surface area contributed by atoms with Gasteiger partial charge >= 0.3 is 5.97 Å². The molecule has 0 N–H and O–H groups in total. The van der Waals surface area contributed by atoms with Crippen molar-refractivity contribution in [2.45, 2.75) is 39.3 Å². The second-order valence-electron chi connectivity index (χ2n) is 7.84. The van der Waals surface area contributed by atoms with Crippen LogP contribution in [0.4, 0.5) is 0 Å². The fourth-order valence-electron chi connectivity index (χ4n) is 4.82. The molecule has 0 fully saturated rings. The van der Waals surface area contributed by atoms with Crippen molar-refractivity contribution in [3.8, 4) is 11.4 Å². The van der Waals surface area contributed by atoms with E-state index in [1.54, 1.807) is 23.9 Å². The molecule has 0 amide bonds. The molecule has 0 saturated carbocycles. The molecule has 0 aliphatic carbocycles. The van der Waals surface area contributed by atoms with Crippen LogP contribution in [0.15, 0.2) is 35.4 Å². The molecule has 0 radical (unpaired) electrons. The lowest BCUT2D eigenvalue weighted by Gasteiger charge is -2.22. The molecule has 2 aliphatic rings. The second-order valence-corrected chi connectivity index (χ2v) is 7.84. The maximum Gasteiger partial charge on any atom is 0.313 e. The Labute approximate surface area is 171 Å². The van der Waals surface area contributed by atoms with Crippen molar-refractivity contribution < 1.29 is 9.53 Å². The first-order valence-corrected chi connectivity index (χ1v) is 10.1. The van der Waals surface area contributed by atoms with Crippen LogP contribution in [0.5, 0.6) is 0 Å². The van der Waals surface area contributed by atoms with E-state index in [1.807, 2.05) is 18.2 Å². The summed E-state index contributed by atoms with van der Waals surface area (Å²) in [5.41, 5.74) is 7.48. The fraction of sp³-hybridized carbons (Fsp3) is 0.261. The summed E-state index contributed by atoms with van der Waals surface area (Å²) in [7, 11) is 0. The molecular formula is C23H18N4O3. The van der Waals surface area contributed by atoms with Gasteiger partial charge in [0.15, 0.2) is 0 Å². The summed E-state index contributed by atoms with van der Waals surface area (Å²) in [6.07, 6.45) is 4.17. The average Bonchev–Trinajstić information content (AvgIpc) is 3.13. The first kappa shape index (κ1) is 17.3. The molecule has 1 unspecified atom stereocenters. The van der Waals surface area contributed by atoms with Gasteiger partial charge in [0, 0.05) is 23.3 Å². The van der Waals surface area contributed by atoms with Crippen molar-refractivity contribution in [3.05, 3.63) is 63.2 Å². The molecule has 0 saturated heterocycles. The molecule has 7 heteroatoms. The largest absolute Gasteiger partial charge is 0.460 e. The minimum atomic E-state index is -0.457. The first-order valence-electron chi connectivity index (χ1n) is 10.1. The van der Waals surface area contributed by atoms with Crippen molar-refractivity contribution in [3.63, 3.8) is 0 Å². The zero-order valence-corrected chi connectivity index (χ0v) is 16.6.